The van der Waals surface area contributed by atoms with Gasteiger partial charge in [-0.1, -0.05) is 39.0 Å². The van der Waals surface area contributed by atoms with Crippen LogP contribution in [-0.2, 0) is 10.2 Å². The van der Waals surface area contributed by atoms with Crippen molar-refractivity contribution in [2.75, 3.05) is 17.7 Å². The van der Waals surface area contributed by atoms with Gasteiger partial charge in [0.1, 0.15) is 0 Å². The standard InChI is InChI=1S/C21H29NO2S/c1-21(2,3)14-4-7-18-17(10-14)20-16(6-5-15(11-23)24-20)19(22-18)13-8-9-25-12-13/h4,7-10,13,15-16,19-20,22-23H,5-6,11-12H2,1-3H3/t13?,15?,16-,19-,20-/m0/s1. The lowest BCUT2D eigenvalue weighted by Gasteiger charge is -2.47. The van der Waals surface area contributed by atoms with Crippen molar-refractivity contribution < 1.29 is 9.84 Å². The topological polar surface area (TPSA) is 41.5 Å². The van der Waals surface area contributed by atoms with Crippen molar-refractivity contribution in [3.05, 3.63) is 40.8 Å². The van der Waals surface area contributed by atoms with Gasteiger partial charge < -0.3 is 15.2 Å². The Morgan fingerprint density at radius 1 is 1.28 bits per heavy atom. The molecule has 0 aromatic heterocycles. The Morgan fingerprint density at radius 3 is 2.80 bits per heavy atom. The Hall–Kier alpha value is -0.970. The molecule has 3 heterocycles. The third kappa shape index (κ3) is 3.24. The van der Waals surface area contributed by atoms with Crippen LogP contribution in [0.3, 0.4) is 0 Å². The van der Waals surface area contributed by atoms with Crippen LogP contribution in [0.25, 0.3) is 0 Å². The molecule has 136 valence electrons. The number of anilines is 1. The van der Waals surface area contributed by atoms with E-state index in [1.807, 2.05) is 11.8 Å². The van der Waals surface area contributed by atoms with Gasteiger partial charge in [-0.25, -0.2) is 0 Å². The highest BCUT2D eigenvalue weighted by atomic mass is 32.2. The summed E-state index contributed by atoms with van der Waals surface area (Å²) >= 11 is 1.91. The van der Waals surface area contributed by atoms with E-state index in [9.17, 15) is 5.11 Å². The number of rotatable bonds is 2. The lowest BCUT2D eigenvalue weighted by atomic mass is 9.73. The second kappa shape index (κ2) is 6.64. The smallest absolute Gasteiger partial charge is 0.0897 e. The normalized spacial score (nSPS) is 34.3. The minimum Gasteiger partial charge on any atom is -0.394 e. The third-order valence-corrected chi connectivity index (χ3v) is 6.86. The fourth-order valence-electron chi connectivity index (χ4n) is 4.42. The molecule has 2 unspecified atom stereocenters. The van der Waals surface area contributed by atoms with Crippen LogP contribution >= 0.6 is 11.8 Å². The minimum absolute atomic E-state index is 0.0281. The first-order chi connectivity index (χ1) is 12.0. The Morgan fingerprint density at radius 2 is 2.12 bits per heavy atom. The molecule has 3 aliphatic rings. The van der Waals surface area contributed by atoms with Gasteiger partial charge in [-0.05, 0) is 35.3 Å². The minimum atomic E-state index is -0.0281. The van der Waals surface area contributed by atoms with Gasteiger partial charge in [0, 0.05) is 34.9 Å². The maximum absolute atomic E-state index is 9.64. The molecule has 1 saturated heterocycles. The van der Waals surface area contributed by atoms with Gasteiger partial charge in [0.2, 0.25) is 0 Å². The van der Waals surface area contributed by atoms with Crippen molar-refractivity contribution in [3.63, 3.8) is 0 Å². The van der Waals surface area contributed by atoms with E-state index in [0.717, 1.165) is 18.6 Å². The summed E-state index contributed by atoms with van der Waals surface area (Å²) in [5.41, 5.74) is 3.96. The molecule has 4 heteroatoms. The number of ether oxygens (including phenoxy) is 1. The SMILES string of the molecule is CC(C)(C)c1ccc2c(c1)[C@H]1OC(CO)CC[C@H]1[C@H](C1C=CSC1)N2. The van der Waals surface area contributed by atoms with Crippen LogP contribution in [0.1, 0.15) is 50.8 Å². The molecule has 0 amide bonds. The molecule has 0 spiro atoms. The molecule has 25 heavy (non-hydrogen) atoms. The third-order valence-electron chi connectivity index (χ3n) is 5.93. The van der Waals surface area contributed by atoms with E-state index in [0.29, 0.717) is 17.9 Å². The molecule has 4 rings (SSSR count). The molecule has 0 saturated carbocycles. The molecule has 1 fully saturated rings. The lowest BCUT2D eigenvalue weighted by Crippen LogP contribution is -2.47. The van der Waals surface area contributed by atoms with E-state index in [1.54, 1.807) is 0 Å². The van der Waals surface area contributed by atoms with E-state index in [1.165, 1.54) is 16.8 Å². The predicted molar refractivity (Wildman–Crippen MR) is 105 cm³/mol. The highest BCUT2D eigenvalue weighted by molar-refractivity contribution is 8.02. The highest BCUT2D eigenvalue weighted by Crippen LogP contribution is 2.49. The van der Waals surface area contributed by atoms with E-state index in [4.69, 9.17) is 4.74 Å². The van der Waals surface area contributed by atoms with Gasteiger partial charge in [-0.2, -0.15) is 0 Å². The summed E-state index contributed by atoms with van der Waals surface area (Å²) in [6, 6.07) is 7.23. The van der Waals surface area contributed by atoms with Crippen molar-refractivity contribution in [2.45, 2.75) is 57.3 Å². The van der Waals surface area contributed by atoms with E-state index in [2.05, 4.69) is 55.8 Å². The Balaban J connectivity index is 1.73. The number of thioether (sulfide) groups is 1. The second-order valence-electron chi connectivity index (χ2n) is 8.65. The number of fused-ring (bicyclic) bond motifs is 3. The van der Waals surface area contributed by atoms with Gasteiger partial charge in [0.25, 0.3) is 0 Å². The average molecular weight is 360 g/mol. The number of hydrogen-bond acceptors (Lipinski definition) is 4. The summed E-state index contributed by atoms with van der Waals surface area (Å²) in [5.74, 6) is 2.18. The van der Waals surface area contributed by atoms with E-state index < -0.39 is 0 Å². The van der Waals surface area contributed by atoms with E-state index >= 15 is 0 Å². The Kier molecular flexibility index (Phi) is 4.63. The van der Waals surface area contributed by atoms with Gasteiger partial charge in [0.15, 0.2) is 0 Å². The molecule has 0 aliphatic carbocycles. The first kappa shape index (κ1) is 17.4. The van der Waals surface area contributed by atoms with Crippen molar-refractivity contribution in [2.24, 2.45) is 11.8 Å². The summed E-state index contributed by atoms with van der Waals surface area (Å²) in [4.78, 5) is 0. The van der Waals surface area contributed by atoms with Crippen LogP contribution < -0.4 is 5.32 Å². The summed E-state index contributed by atoms with van der Waals surface area (Å²) in [6.07, 6.45) is 4.48. The van der Waals surface area contributed by atoms with Gasteiger partial charge in [-0.15, -0.1) is 11.8 Å². The fraction of sp³-hybridized carbons (Fsp3) is 0.619. The molecule has 3 nitrogen and oxygen atoms in total. The largest absolute Gasteiger partial charge is 0.394 e. The maximum Gasteiger partial charge on any atom is 0.0897 e. The fourth-order valence-corrected chi connectivity index (χ4v) is 5.39. The van der Waals surface area contributed by atoms with Gasteiger partial charge >= 0.3 is 0 Å². The molecular weight excluding hydrogens is 330 g/mol. The first-order valence-electron chi connectivity index (χ1n) is 9.43. The van der Waals surface area contributed by atoms with Crippen LogP contribution in [0.2, 0.25) is 0 Å². The molecular formula is C21H29NO2S. The average Bonchev–Trinajstić information content (AvgIpc) is 3.13. The summed E-state index contributed by atoms with van der Waals surface area (Å²) in [5, 5.41) is 15.7. The summed E-state index contributed by atoms with van der Waals surface area (Å²) < 4.78 is 6.40. The quantitative estimate of drug-likeness (QED) is 0.817. The molecule has 5 atom stereocenters. The molecule has 0 radical (unpaired) electrons. The van der Waals surface area contributed by atoms with Crippen LogP contribution in [0.4, 0.5) is 5.69 Å². The molecule has 1 aromatic carbocycles. The van der Waals surface area contributed by atoms with Crippen molar-refractivity contribution in [3.8, 4) is 0 Å². The van der Waals surface area contributed by atoms with Crippen molar-refractivity contribution >= 4 is 17.4 Å². The van der Waals surface area contributed by atoms with Crippen molar-refractivity contribution in [1.82, 2.24) is 0 Å². The Bertz CT molecular complexity index is 666. The van der Waals surface area contributed by atoms with Crippen molar-refractivity contribution in [1.29, 1.82) is 0 Å². The zero-order chi connectivity index (χ0) is 17.6. The molecule has 0 bridgehead atoms. The van der Waals surface area contributed by atoms with Gasteiger partial charge in [0.05, 0.1) is 18.8 Å². The number of aliphatic hydroxyl groups excluding tert-OH is 1. The number of hydrogen-bond donors (Lipinski definition) is 2. The first-order valence-corrected chi connectivity index (χ1v) is 10.5. The molecule has 3 aliphatic heterocycles. The zero-order valence-electron chi connectivity index (χ0n) is 15.4. The summed E-state index contributed by atoms with van der Waals surface area (Å²) in [6.45, 7) is 6.88. The van der Waals surface area contributed by atoms with Crippen LogP contribution in [-0.4, -0.2) is 29.6 Å². The van der Waals surface area contributed by atoms with Crippen LogP contribution in [0, 0.1) is 11.8 Å². The Labute approximate surface area is 155 Å². The second-order valence-corrected chi connectivity index (χ2v) is 9.59. The van der Waals surface area contributed by atoms with Crippen LogP contribution in [0.15, 0.2) is 29.7 Å². The van der Waals surface area contributed by atoms with Crippen LogP contribution in [0.5, 0.6) is 0 Å². The van der Waals surface area contributed by atoms with Gasteiger partial charge in [-0.3, -0.25) is 0 Å². The predicted octanol–water partition coefficient (Wildman–Crippen LogP) is 4.48. The maximum atomic E-state index is 9.64. The number of nitrogens with one attached hydrogen (secondary N) is 1. The zero-order valence-corrected chi connectivity index (χ0v) is 16.2. The molecule has 1 aromatic rings. The van der Waals surface area contributed by atoms with E-state index in [-0.39, 0.29) is 24.2 Å². The lowest BCUT2D eigenvalue weighted by molar-refractivity contribution is -0.111. The monoisotopic (exact) mass is 359 g/mol. The number of aliphatic hydroxyl groups is 1. The number of benzene rings is 1. The highest BCUT2D eigenvalue weighted by Gasteiger charge is 2.44. The summed E-state index contributed by atoms with van der Waals surface area (Å²) in [7, 11) is 0. The molecule has 2 N–H and O–H groups in total.